The van der Waals surface area contributed by atoms with Crippen molar-refractivity contribution in [2.24, 2.45) is 5.73 Å². The molecule has 16 heavy (non-hydrogen) atoms. The van der Waals surface area contributed by atoms with Gasteiger partial charge in [0, 0.05) is 12.3 Å². The summed E-state index contributed by atoms with van der Waals surface area (Å²) in [5.41, 5.74) is 5.23. The number of hydrogen-bond donors (Lipinski definition) is 4. The first-order valence-corrected chi connectivity index (χ1v) is 5.74. The van der Waals surface area contributed by atoms with Crippen molar-refractivity contribution in [3.63, 3.8) is 0 Å². The van der Waals surface area contributed by atoms with Crippen LogP contribution in [-0.4, -0.2) is 54.0 Å². The van der Waals surface area contributed by atoms with Crippen molar-refractivity contribution >= 4 is 29.5 Å². The van der Waals surface area contributed by atoms with Crippen molar-refractivity contribution in [2.75, 3.05) is 31.1 Å². The van der Waals surface area contributed by atoms with Crippen LogP contribution in [0.4, 0.5) is 0 Å². The summed E-state index contributed by atoms with van der Waals surface area (Å²) in [6.07, 6.45) is 0. The van der Waals surface area contributed by atoms with Crippen LogP contribution in [0.25, 0.3) is 0 Å². The molecule has 0 aromatic heterocycles. The summed E-state index contributed by atoms with van der Waals surface area (Å²) in [7, 11) is 0. The van der Waals surface area contributed by atoms with E-state index < -0.39 is 18.4 Å². The minimum Gasteiger partial charge on any atom is -0.480 e. The second-order valence-corrected chi connectivity index (χ2v) is 3.89. The average molecular weight is 249 g/mol. The van der Waals surface area contributed by atoms with E-state index in [0.717, 1.165) is 0 Å². The lowest BCUT2D eigenvalue weighted by Crippen LogP contribution is -2.39. The van der Waals surface area contributed by atoms with Crippen molar-refractivity contribution in [3.8, 4) is 0 Å². The summed E-state index contributed by atoms with van der Waals surface area (Å²) < 4.78 is 0. The number of carboxylic acid groups (broad SMARTS) is 1. The van der Waals surface area contributed by atoms with Crippen LogP contribution < -0.4 is 16.4 Å². The molecular formula is C8H15N3O4S. The number of carboxylic acids is 1. The van der Waals surface area contributed by atoms with Crippen LogP contribution >= 0.6 is 11.8 Å². The second-order valence-electron chi connectivity index (χ2n) is 2.79. The second kappa shape index (κ2) is 8.98. The highest BCUT2D eigenvalue weighted by atomic mass is 32.2. The van der Waals surface area contributed by atoms with Gasteiger partial charge in [-0.25, -0.2) is 0 Å². The van der Waals surface area contributed by atoms with E-state index in [-0.39, 0.29) is 18.2 Å². The molecular weight excluding hydrogens is 234 g/mol. The summed E-state index contributed by atoms with van der Waals surface area (Å²) in [4.78, 5) is 32.2. The van der Waals surface area contributed by atoms with Gasteiger partial charge >= 0.3 is 5.97 Å². The summed E-state index contributed by atoms with van der Waals surface area (Å²) in [5.74, 6) is -1.01. The van der Waals surface area contributed by atoms with Crippen LogP contribution in [0.15, 0.2) is 0 Å². The Labute approximate surface area is 97.1 Å². The van der Waals surface area contributed by atoms with Gasteiger partial charge in [0.05, 0.1) is 12.3 Å². The largest absolute Gasteiger partial charge is 0.480 e. The lowest BCUT2D eigenvalue weighted by molar-refractivity contribution is -0.137. The zero-order valence-corrected chi connectivity index (χ0v) is 9.51. The van der Waals surface area contributed by atoms with Gasteiger partial charge in [-0.1, -0.05) is 0 Å². The van der Waals surface area contributed by atoms with Gasteiger partial charge < -0.3 is 21.5 Å². The molecule has 0 spiro atoms. The van der Waals surface area contributed by atoms with Gasteiger partial charge in [0.15, 0.2) is 0 Å². The van der Waals surface area contributed by atoms with Crippen LogP contribution in [0.1, 0.15) is 0 Å². The summed E-state index contributed by atoms with van der Waals surface area (Å²) in [6, 6.07) is 0. The lowest BCUT2D eigenvalue weighted by atomic mass is 10.5. The van der Waals surface area contributed by atoms with Crippen LogP contribution in [0.3, 0.4) is 0 Å². The first-order valence-electron chi connectivity index (χ1n) is 4.59. The average Bonchev–Trinajstić information content (AvgIpc) is 2.24. The molecule has 0 rings (SSSR count). The molecule has 0 saturated carbocycles. The van der Waals surface area contributed by atoms with E-state index in [2.05, 4.69) is 10.6 Å². The zero-order valence-electron chi connectivity index (χ0n) is 8.69. The van der Waals surface area contributed by atoms with Crippen LogP contribution in [-0.2, 0) is 14.4 Å². The molecule has 0 unspecified atom stereocenters. The summed E-state index contributed by atoms with van der Waals surface area (Å²) in [5, 5.41) is 12.8. The van der Waals surface area contributed by atoms with E-state index >= 15 is 0 Å². The Morgan fingerprint density at radius 1 is 1.12 bits per heavy atom. The molecule has 0 aliphatic heterocycles. The molecule has 0 radical (unpaired) electrons. The molecule has 0 bridgehead atoms. The Morgan fingerprint density at radius 3 is 2.31 bits per heavy atom. The van der Waals surface area contributed by atoms with E-state index in [1.165, 1.54) is 11.8 Å². The van der Waals surface area contributed by atoms with Crippen molar-refractivity contribution < 1.29 is 19.5 Å². The first kappa shape index (κ1) is 14.7. The molecule has 5 N–H and O–H groups in total. The number of amides is 2. The molecule has 2 amide bonds. The van der Waals surface area contributed by atoms with E-state index in [0.29, 0.717) is 12.3 Å². The van der Waals surface area contributed by atoms with Gasteiger partial charge in [-0.15, -0.1) is 0 Å². The minimum absolute atomic E-state index is 0.213. The third-order valence-corrected chi connectivity index (χ3v) is 2.37. The van der Waals surface area contributed by atoms with Crippen LogP contribution in [0, 0.1) is 0 Å². The molecule has 0 atom stereocenters. The molecule has 0 aliphatic rings. The molecule has 0 saturated heterocycles. The van der Waals surface area contributed by atoms with Crippen molar-refractivity contribution in [2.45, 2.75) is 0 Å². The number of hydrogen-bond acceptors (Lipinski definition) is 5. The number of aliphatic carboxylic acids is 1. The number of carbonyl (C=O) groups is 3. The van der Waals surface area contributed by atoms with Gasteiger partial charge in [0.25, 0.3) is 0 Å². The fraction of sp³-hybridized carbons (Fsp3) is 0.625. The first-order chi connectivity index (χ1) is 7.56. The maximum Gasteiger partial charge on any atom is 0.322 e. The third-order valence-electron chi connectivity index (χ3n) is 1.38. The Bertz CT molecular complexity index is 260. The van der Waals surface area contributed by atoms with Gasteiger partial charge in [-0.3, -0.25) is 14.4 Å². The SMILES string of the molecule is NCCSCC(=O)NCC(=O)NCC(=O)O. The quantitative estimate of drug-likeness (QED) is 0.369. The van der Waals surface area contributed by atoms with Gasteiger partial charge in [0.2, 0.25) is 11.8 Å². The topological polar surface area (TPSA) is 122 Å². The van der Waals surface area contributed by atoms with E-state index in [1.807, 2.05) is 0 Å². The van der Waals surface area contributed by atoms with Gasteiger partial charge in [-0.2, -0.15) is 11.8 Å². The number of nitrogens with two attached hydrogens (primary N) is 1. The van der Waals surface area contributed by atoms with Crippen molar-refractivity contribution in [1.29, 1.82) is 0 Å². The maximum absolute atomic E-state index is 11.1. The molecule has 7 nitrogen and oxygen atoms in total. The number of rotatable bonds is 8. The van der Waals surface area contributed by atoms with E-state index in [4.69, 9.17) is 10.8 Å². The zero-order chi connectivity index (χ0) is 12.4. The van der Waals surface area contributed by atoms with Crippen molar-refractivity contribution in [1.82, 2.24) is 10.6 Å². The summed E-state index contributed by atoms with van der Waals surface area (Å²) in [6.45, 7) is -0.164. The van der Waals surface area contributed by atoms with Gasteiger partial charge in [0.1, 0.15) is 6.54 Å². The number of thioether (sulfide) groups is 1. The fourth-order valence-corrected chi connectivity index (χ4v) is 1.31. The standard InChI is InChI=1S/C8H15N3O4S/c9-1-2-16-5-7(13)10-3-6(12)11-4-8(14)15/h1-5,9H2,(H,10,13)(H,11,12)(H,14,15). The molecule has 0 aliphatic carbocycles. The maximum atomic E-state index is 11.1. The van der Waals surface area contributed by atoms with E-state index in [9.17, 15) is 14.4 Å². The minimum atomic E-state index is -1.13. The fourth-order valence-electron chi connectivity index (χ4n) is 0.715. The normalized spacial score (nSPS) is 9.56. The molecule has 0 heterocycles. The Balaban J connectivity index is 3.51. The summed E-state index contributed by atoms with van der Waals surface area (Å²) >= 11 is 1.37. The number of nitrogens with one attached hydrogen (secondary N) is 2. The predicted molar refractivity (Wildman–Crippen MR) is 60.0 cm³/mol. The highest BCUT2D eigenvalue weighted by Crippen LogP contribution is 1.95. The molecule has 0 fully saturated rings. The van der Waals surface area contributed by atoms with Gasteiger partial charge in [-0.05, 0) is 0 Å². The highest BCUT2D eigenvalue weighted by molar-refractivity contribution is 7.99. The monoisotopic (exact) mass is 249 g/mol. The van der Waals surface area contributed by atoms with E-state index in [1.54, 1.807) is 0 Å². The molecule has 92 valence electrons. The smallest absolute Gasteiger partial charge is 0.322 e. The highest BCUT2D eigenvalue weighted by Gasteiger charge is 2.06. The Hall–Kier alpha value is -1.28. The predicted octanol–water partition coefficient (Wildman–Crippen LogP) is -2.00. The molecule has 0 aromatic rings. The lowest BCUT2D eigenvalue weighted by Gasteiger charge is -2.04. The molecule has 0 aromatic carbocycles. The Kier molecular flexibility index (Phi) is 8.26. The molecule has 8 heteroatoms. The third kappa shape index (κ3) is 9.28. The van der Waals surface area contributed by atoms with Crippen molar-refractivity contribution in [3.05, 3.63) is 0 Å². The Morgan fingerprint density at radius 2 is 1.75 bits per heavy atom. The van der Waals surface area contributed by atoms with Crippen LogP contribution in [0.2, 0.25) is 0 Å². The number of carbonyl (C=O) groups excluding carboxylic acids is 2. The van der Waals surface area contributed by atoms with Crippen LogP contribution in [0.5, 0.6) is 0 Å².